The van der Waals surface area contributed by atoms with Crippen LogP contribution in [0.5, 0.6) is 0 Å². The molecule has 2 aliphatic heterocycles. The van der Waals surface area contributed by atoms with Gasteiger partial charge in [0.25, 0.3) is 5.91 Å². The first-order chi connectivity index (χ1) is 8.77. The van der Waals surface area contributed by atoms with Gasteiger partial charge in [-0.05, 0) is 37.3 Å². The summed E-state index contributed by atoms with van der Waals surface area (Å²) in [6.45, 7) is 1.44. The number of fused-ring (bicyclic) bond motifs is 1. The van der Waals surface area contributed by atoms with E-state index in [1.807, 2.05) is 17.0 Å². The van der Waals surface area contributed by atoms with Gasteiger partial charge < -0.3 is 9.64 Å². The average Bonchev–Trinajstić information content (AvgIpc) is 2.91. The Morgan fingerprint density at radius 2 is 2.28 bits per heavy atom. The number of anilines is 1. The molecule has 0 spiro atoms. The summed E-state index contributed by atoms with van der Waals surface area (Å²) >= 11 is 6.25. The second-order valence-electron chi connectivity index (χ2n) is 4.84. The Morgan fingerprint density at radius 3 is 3.06 bits per heavy atom. The van der Waals surface area contributed by atoms with Crippen LogP contribution in [-0.4, -0.2) is 25.2 Å². The van der Waals surface area contributed by atoms with Gasteiger partial charge in [0.2, 0.25) is 0 Å². The van der Waals surface area contributed by atoms with Crippen molar-refractivity contribution in [3.63, 3.8) is 0 Å². The number of carbonyl (C=O) groups is 1. The van der Waals surface area contributed by atoms with Gasteiger partial charge in [-0.25, -0.2) is 0 Å². The lowest BCUT2D eigenvalue weighted by Crippen LogP contribution is -2.42. The third kappa shape index (κ3) is 2.02. The topological polar surface area (TPSA) is 29.5 Å². The monoisotopic (exact) mass is 265 g/mol. The van der Waals surface area contributed by atoms with Crippen LogP contribution in [0, 0.1) is 0 Å². The maximum Gasteiger partial charge on any atom is 0.256 e. The molecule has 1 aromatic rings. The van der Waals surface area contributed by atoms with E-state index in [-0.39, 0.29) is 12.0 Å². The van der Waals surface area contributed by atoms with Crippen LogP contribution in [0.4, 0.5) is 5.69 Å². The SMILES string of the molecule is O=C(C1CCCO1)N1CCCc2cccc(Cl)c21. The van der Waals surface area contributed by atoms with Crippen LogP contribution in [0.2, 0.25) is 5.02 Å². The Bertz CT molecular complexity index is 469. The van der Waals surface area contributed by atoms with Crippen molar-refractivity contribution < 1.29 is 9.53 Å². The molecule has 3 rings (SSSR count). The minimum absolute atomic E-state index is 0.0709. The highest BCUT2D eigenvalue weighted by molar-refractivity contribution is 6.34. The second kappa shape index (κ2) is 4.90. The third-order valence-corrected chi connectivity index (χ3v) is 3.94. The van der Waals surface area contributed by atoms with Gasteiger partial charge >= 0.3 is 0 Å². The number of aryl methyl sites for hydroxylation is 1. The Labute approximate surface area is 112 Å². The number of nitrogens with zero attached hydrogens (tertiary/aromatic N) is 1. The van der Waals surface area contributed by atoms with Crippen molar-refractivity contribution in [3.05, 3.63) is 28.8 Å². The summed E-state index contributed by atoms with van der Waals surface area (Å²) in [4.78, 5) is 14.3. The number of carbonyl (C=O) groups excluding carboxylic acids is 1. The summed E-state index contributed by atoms with van der Waals surface area (Å²) in [5.41, 5.74) is 2.06. The lowest BCUT2D eigenvalue weighted by Gasteiger charge is -2.31. The van der Waals surface area contributed by atoms with Gasteiger partial charge in [0.05, 0.1) is 10.7 Å². The molecule has 1 amide bonds. The van der Waals surface area contributed by atoms with Gasteiger partial charge in [-0.15, -0.1) is 0 Å². The second-order valence-corrected chi connectivity index (χ2v) is 5.25. The molecule has 0 aliphatic carbocycles. The molecule has 0 radical (unpaired) electrons. The lowest BCUT2D eigenvalue weighted by atomic mass is 10.0. The summed E-state index contributed by atoms with van der Waals surface area (Å²) < 4.78 is 5.49. The van der Waals surface area contributed by atoms with Crippen molar-refractivity contribution in [1.82, 2.24) is 0 Å². The Balaban J connectivity index is 1.93. The summed E-state index contributed by atoms with van der Waals surface area (Å²) in [6, 6.07) is 5.85. The molecule has 1 saturated heterocycles. The van der Waals surface area contributed by atoms with Crippen molar-refractivity contribution in [1.29, 1.82) is 0 Å². The summed E-state index contributed by atoms with van der Waals surface area (Å²) in [7, 11) is 0. The van der Waals surface area contributed by atoms with Crippen molar-refractivity contribution >= 4 is 23.2 Å². The highest BCUT2D eigenvalue weighted by Gasteiger charge is 2.32. The van der Waals surface area contributed by atoms with Gasteiger partial charge in [0.15, 0.2) is 0 Å². The number of ether oxygens (including phenoxy) is 1. The van der Waals surface area contributed by atoms with Crippen LogP contribution in [0.15, 0.2) is 18.2 Å². The number of rotatable bonds is 1. The standard InChI is InChI=1S/C14H16ClNO2/c15-11-6-1-4-10-5-2-8-16(13(10)11)14(17)12-7-3-9-18-12/h1,4,6,12H,2-3,5,7-9H2. The predicted octanol–water partition coefficient (Wildman–Crippen LogP) is 2.80. The Hall–Kier alpha value is -1.06. The third-order valence-electron chi connectivity index (χ3n) is 3.64. The lowest BCUT2D eigenvalue weighted by molar-refractivity contribution is -0.127. The molecule has 4 heteroatoms. The molecule has 0 aromatic heterocycles. The Kier molecular flexibility index (Phi) is 3.27. The maximum atomic E-state index is 12.5. The van der Waals surface area contributed by atoms with Crippen LogP contribution in [0.25, 0.3) is 0 Å². The van der Waals surface area contributed by atoms with Crippen LogP contribution in [0.3, 0.4) is 0 Å². The van der Waals surface area contributed by atoms with Crippen LogP contribution >= 0.6 is 11.6 Å². The number of benzene rings is 1. The van der Waals surface area contributed by atoms with Crippen molar-refractivity contribution in [2.45, 2.75) is 31.8 Å². The molecular weight excluding hydrogens is 250 g/mol. The molecule has 18 heavy (non-hydrogen) atoms. The zero-order valence-electron chi connectivity index (χ0n) is 10.2. The smallest absolute Gasteiger partial charge is 0.256 e. The average molecular weight is 266 g/mol. The van der Waals surface area contributed by atoms with E-state index >= 15 is 0 Å². The van der Waals surface area contributed by atoms with Gasteiger partial charge in [-0.1, -0.05) is 23.7 Å². The largest absolute Gasteiger partial charge is 0.368 e. The van der Waals surface area contributed by atoms with Gasteiger partial charge in [-0.2, -0.15) is 0 Å². The van der Waals surface area contributed by atoms with Crippen molar-refractivity contribution in [3.8, 4) is 0 Å². The van der Waals surface area contributed by atoms with Gasteiger partial charge in [-0.3, -0.25) is 4.79 Å². The normalized spacial score (nSPS) is 22.9. The molecule has 1 atom stereocenters. The molecule has 2 aliphatic rings. The molecular formula is C14H16ClNO2. The number of amides is 1. The van der Waals surface area contributed by atoms with Crippen LogP contribution in [0.1, 0.15) is 24.8 Å². The zero-order chi connectivity index (χ0) is 12.5. The van der Waals surface area contributed by atoms with E-state index in [9.17, 15) is 4.79 Å². The predicted molar refractivity (Wildman–Crippen MR) is 71.1 cm³/mol. The minimum atomic E-state index is -0.271. The van der Waals surface area contributed by atoms with E-state index in [0.717, 1.165) is 37.9 Å². The fourth-order valence-corrected chi connectivity index (χ4v) is 3.07. The fraction of sp³-hybridized carbons (Fsp3) is 0.500. The van der Waals surface area contributed by atoms with E-state index in [2.05, 4.69) is 6.07 Å². The van der Waals surface area contributed by atoms with Crippen LogP contribution < -0.4 is 4.90 Å². The molecule has 0 N–H and O–H groups in total. The molecule has 1 fully saturated rings. The van der Waals surface area contributed by atoms with Crippen molar-refractivity contribution in [2.75, 3.05) is 18.1 Å². The number of halogens is 1. The summed E-state index contributed by atoms with van der Waals surface area (Å²) in [5.74, 6) is 0.0709. The van der Waals surface area contributed by atoms with E-state index < -0.39 is 0 Å². The van der Waals surface area contributed by atoms with Crippen LogP contribution in [-0.2, 0) is 16.0 Å². The van der Waals surface area contributed by atoms with Gasteiger partial charge in [0.1, 0.15) is 6.10 Å². The fourth-order valence-electron chi connectivity index (χ4n) is 2.77. The highest BCUT2D eigenvalue weighted by Crippen LogP contribution is 2.35. The molecule has 1 unspecified atom stereocenters. The zero-order valence-corrected chi connectivity index (χ0v) is 10.9. The van der Waals surface area contributed by atoms with Gasteiger partial charge in [0, 0.05) is 13.2 Å². The number of para-hydroxylation sites is 1. The highest BCUT2D eigenvalue weighted by atomic mass is 35.5. The summed E-state index contributed by atoms with van der Waals surface area (Å²) in [5, 5.41) is 0.665. The molecule has 3 nitrogen and oxygen atoms in total. The van der Waals surface area contributed by atoms with E-state index in [1.54, 1.807) is 0 Å². The van der Waals surface area contributed by atoms with E-state index in [1.165, 1.54) is 5.56 Å². The molecule has 1 aromatic carbocycles. The first kappa shape index (κ1) is 12.0. The molecule has 96 valence electrons. The minimum Gasteiger partial charge on any atom is -0.368 e. The Morgan fingerprint density at radius 1 is 1.39 bits per heavy atom. The first-order valence-electron chi connectivity index (χ1n) is 6.48. The van der Waals surface area contributed by atoms with Crippen molar-refractivity contribution in [2.24, 2.45) is 0 Å². The van der Waals surface area contributed by atoms with E-state index in [4.69, 9.17) is 16.3 Å². The quantitative estimate of drug-likeness (QED) is 0.781. The number of hydrogen-bond acceptors (Lipinski definition) is 2. The first-order valence-corrected chi connectivity index (χ1v) is 6.85. The summed E-state index contributed by atoms with van der Waals surface area (Å²) in [6.07, 6.45) is 3.51. The molecule has 2 heterocycles. The van der Waals surface area contributed by atoms with E-state index in [0.29, 0.717) is 11.6 Å². The molecule has 0 bridgehead atoms. The molecule has 0 saturated carbocycles. The maximum absolute atomic E-state index is 12.5. The number of hydrogen-bond donors (Lipinski definition) is 0.